The van der Waals surface area contributed by atoms with E-state index in [2.05, 4.69) is 18.3 Å². The number of anilines is 1. The van der Waals surface area contributed by atoms with Crippen LogP contribution in [0.5, 0.6) is 0 Å². The van der Waals surface area contributed by atoms with Gasteiger partial charge in [0.25, 0.3) is 11.5 Å². The highest BCUT2D eigenvalue weighted by Crippen LogP contribution is 2.35. The largest absolute Gasteiger partial charge is 0.385 e. The van der Waals surface area contributed by atoms with Gasteiger partial charge in [-0.2, -0.15) is 5.26 Å². The van der Waals surface area contributed by atoms with Gasteiger partial charge in [0.05, 0.1) is 4.91 Å². The number of thiocarbonyl (C=S) groups is 1. The van der Waals surface area contributed by atoms with Crippen LogP contribution in [0, 0.1) is 18.3 Å². The quantitative estimate of drug-likeness (QED) is 0.267. The van der Waals surface area contributed by atoms with E-state index in [-0.39, 0.29) is 17.0 Å². The number of amides is 1. The molecule has 1 N–H and O–H groups in total. The summed E-state index contributed by atoms with van der Waals surface area (Å²) < 4.78 is 7.22. The third kappa shape index (κ3) is 6.20. The lowest BCUT2D eigenvalue weighted by Crippen LogP contribution is -2.30. The van der Waals surface area contributed by atoms with Crippen molar-refractivity contribution in [2.75, 3.05) is 25.6 Å². The van der Waals surface area contributed by atoms with Crippen LogP contribution < -0.4 is 10.9 Å². The van der Waals surface area contributed by atoms with Crippen LogP contribution in [0.2, 0.25) is 0 Å². The number of benzene rings is 1. The van der Waals surface area contributed by atoms with Crippen LogP contribution in [0.15, 0.2) is 40.0 Å². The molecule has 1 amide bonds. The summed E-state index contributed by atoms with van der Waals surface area (Å²) in [4.78, 5) is 28.4. The zero-order chi connectivity index (χ0) is 25.4. The lowest BCUT2D eigenvalue weighted by atomic mass is 10.0. The minimum Gasteiger partial charge on any atom is -0.385 e. The number of thioether (sulfide) groups is 1. The maximum atomic E-state index is 13.2. The van der Waals surface area contributed by atoms with E-state index in [0.717, 1.165) is 18.4 Å². The molecule has 0 unspecified atom stereocenters. The fraction of sp³-hybridized carbons (Fsp3) is 0.385. The molecular formula is C26H30N4O3S2. The molecule has 0 bridgehead atoms. The molecule has 0 aliphatic carbocycles. The molecule has 0 radical (unpaired) electrons. The Kier molecular flexibility index (Phi) is 9.66. The van der Waals surface area contributed by atoms with Crippen molar-refractivity contribution in [2.24, 2.45) is 0 Å². The summed E-state index contributed by atoms with van der Waals surface area (Å²) in [6.07, 6.45) is 4.13. The maximum Gasteiger partial charge on any atom is 0.270 e. The lowest BCUT2D eigenvalue weighted by molar-refractivity contribution is -0.122. The number of aromatic nitrogens is 1. The van der Waals surface area contributed by atoms with Crippen LogP contribution in [-0.4, -0.2) is 40.0 Å². The van der Waals surface area contributed by atoms with E-state index >= 15 is 0 Å². The number of hydrogen-bond acceptors (Lipinski definition) is 7. The molecule has 2 aromatic rings. The Labute approximate surface area is 215 Å². The molecular weight excluding hydrogens is 480 g/mol. The Balaban J connectivity index is 2.09. The average molecular weight is 511 g/mol. The van der Waals surface area contributed by atoms with Gasteiger partial charge in [0, 0.05) is 38.9 Å². The van der Waals surface area contributed by atoms with Crippen molar-refractivity contribution in [1.29, 1.82) is 5.26 Å². The number of pyridine rings is 1. The third-order valence-corrected chi connectivity index (χ3v) is 7.17. The Morgan fingerprint density at radius 1 is 1.20 bits per heavy atom. The topological polar surface area (TPSA) is 87.4 Å². The molecule has 184 valence electrons. The SMILES string of the molecule is CCCCn1c(NCc2ccccc2)c(/C=C2/SC(=S)N(CCCOC)C2=O)c(C)c(C#N)c1=O. The van der Waals surface area contributed by atoms with E-state index in [9.17, 15) is 14.9 Å². The normalized spacial score (nSPS) is 14.6. The molecule has 1 aromatic carbocycles. The van der Waals surface area contributed by atoms with Crippen molar-refractivity contribution in [1.82, 2.24) is 9.47 Å². The molecule has 0 saturated carbocycles. The number of nitrogens with one attached hydrogen (secondary N) is 1. The summed E-state index contributed by atoms with van der Waals surface area (Å²) >= 11 is 6.69. The van der Waals surface area contributed by atoms with E-state index in [0.29, 0.717) is 58.8 Å². The summed E-state index contributed by atoms with van der Waals surface area (Å²) in [6, 6.07) is 12.0. The molecule has 9 heteroatoms. The zero-order valence-corrected chi connectivity index (χ0v) is 21.9. The Hall–Kier alpha value is -2.93. The smallest absolute Gasteiger partial charge is 0.270 e. The number of hydrogen-bond donors (Lipinski definition) is 1. The van der Waals surface area contributed by atoms with Crippen molar-refractivity contribution >= 4 is 46.1 Å². The lowest BCUT2D eigenvalue weighted by Gasteiger charge is -2.20. The number of carbonyl (C=O) groups excluding carboxylic acids is 1. The van der Waals surface area contributed by atoms with Gasteiger partial charge in [0.15, 0.2) is 0 Å². The number of carbonyl (C=O) groups is 1. The van der Waals surface area contributed by atoms with Crippen LogP contribution in [0.3, 0.4) is 0 Å². The standard InChI is InChI=1S/C26H30N4O3S2/c1-4-5-12-29-23(28-17-19-10-7-6-8-11-19)20(18(2)21(16-27)24(29)31)15-22-25(32)30(26(34)35-22)13-9-14-33-3/h6-8,10-11,15,28H,4-5,9,12-14,17H2,1-3H3/b22-15+. The molecule has 2 heterocycles. The van der Waals surface area contributed by atoms with Crippen LogP contribution in [-0.2, 0) is 22.6 Å². The highest BCUT2D eigenvalue weighted by atomic mass is 32.2. The summed E-state index contributed by atoms with van der Waals surface area (Å²) in [5.41, 5.74) is 2.03. The highest BCUT2D eigenvalue weighted by Gasteiger charge is 2.32. The number of ether oxygens (including phenoxy) is 1. The highest BCUT2D eigenvalue weighted by molar-refractivity contribution is 8.26. The van der Waals surface area contributed by atoms with Gasteiger partial charge in [-0.05, 0) is 37.0 Å². The van der Waals surface area contributed by atoms with Crippen molar-refractivity contribution in [3.8, 4) is 6.07 Å². The van der Waals surface area contributed by atoms with E-state index in [1.165, 1.54) is 11.8 Å². The Bertz CT molecular complexity index is 1220. The predicted molar refractivity (Wildman–Crippen MR) is 145 cm³/mol. The first-order chi connectivity index (χ1) is 16.9. The second kappa shape index (κ2) is 12.7. The predicted octanol–water partition coefficient (Wildman–Crippen LogP) is 4.68. The van der Waals surface area contributed by atoms with Gasteiger partial charge in [-0.3, -0.25) is 19.1 Å². The summed E-state index contributed by atoms with van der Waals surface area (Å²) in [5, 5.41) is 13.2. The number of rotatable bonds is 11. The van der Waals surface area contributed by atoms with Gasteiger partial charge < -0.3 is 10.1 Å². The van der Waals surface area contributed by atoms with Gasteiger partial charge in [-0.15, -0.1) is 0 Å². The molecule has 35 heavy (non-hydrogen) atoms. The van der Waals surface area contributed by atoms with Crippen molar-refractivity contribution < 1.29 is 9.53 Å². The summed E-state index contributed by atoms with van der Waals surface area (Å²) in [5.74, 6) is 0.433. The van der Waals surface area contributed by atoms with Gasteiger partial charge in [0.2, 0.25) is 0 Å². The molecule has 0 atom stereocenters. The third-order valence-electron chi connectivity index (χ3n) is 5.79. The minimum absolute atomic E-state index is 0.0909. The molecule has 1 aromatic heterocycles. The fourth-order valence-electron chi connectivity index (χ4n) is 3.86. The first-order valence-electron chi connectivity index (χ1n) is 11.6. The van der Waals surface area contributed by atoms with Crippen LogP contribution in [0.4, 0.5) is 5.82 Å². The first kappa shape index (κ1) is 26.7. The number of nitrogens with zero attached hydrogens (tertiary/aromatic N) is 3. The van der Waals surface area contributed by atoms with Crippen LogP contribution >= 0.6 is 24.0 Å². The zero-order valence-electron chi connectivity index (χ0n) is 20.3. The van der Waals surface area contributed by atoms with Gasteiger partial charge >= 0.3 is 0 Å². The second-order valence-corrected chi connectivity index (χ2v) is 9.88. The van der Waals surface area contributed by atoms with E-state index < -0.39 is 0 Å². The van der Waals surface area contributed by atoms with E-state index in [1.807, 2.05) is 30.3 Å². The molecule has 7 nitrogen and oxygen atoms in total. The van der Waals surface area contributed by atoms with Crippen molar-refractivity contribution in [2.45, 2.75) is 46.2 Å². The second-order valence-electron chi connectivity index (χ2n) is 8.20. The molecule has 1 saturated heterocycles. The minimum atomic E-state index is -0.321. The van der Waals surface area contributed by atoms with E-state index in [4.69, 9.17) is 17.0 Å². The van der Waals surface area contributed by atoms with Crippen molar-refractivity contribution in [3.63, 3.8) is 0 Å². The Morgan fingerprint density at radius 2 is 1.94 bits per heavy atom. The molecule has 1 aliphatic rings. The Morgan fingerprint density at radius 3 is 2.60 bits per heavy atom. The number of methoxy groups -OCH3 is 1. The monoisotopic (exact) mass is 510 g/mol. The van der Waals surface area contributed by atoms with Gasteiger partial charge in [-0.25, -0.2) is 0 Å². The number of nitriles is 1. The fourth-order valence-corrected chi connectivity index (χ4v) is 5.15. The van der Waals surface area contributed by atoms with Crippen LogP contribution in [0.25, 0.3) is 6.08 Å². The molecule has 1 fully saturated rings. The number of unbranched alkanes of at least 4 members (excludes halogenated alkanes) is 1. The summed E-state index contributed by atoms with van der Waals surface area (Å²) in [6.45, 7) is 5.79. The van der Waals surface area contributed by atoms with Crippen molar-refractivity contribution in [3.05, 3.63) is 67.8 Å². The first-order valence-corrected chi connectivity index (χ1v) is 12.8. The van der Waals surface area contributed by atoms with Crippen LogP contribution in [0.1, 0.15) is 48.4 Å². The van der Waals surface area contributed by atoms with E-state index in [1.54, 1.807) is 29.6 Å². The molecule has 0 spiro atoms. The maximum absolute atomic E-state index is 13.2. The molecule has 1 aliphatic heterocycles. The molecule has 3 rings (SSSR count). The summed E-state index contributed by atoms with van der Waals surface area (Å²) in [7, 11) is 1.62. The van der Waals surface area contributed by atoms with Gasteiger partial charge in [0.1, 0.15) is 21.8 Å². The average Bonchev–Trinajstić information content (AvgIpc) is 3.12. The van der Waals surface area contributed by atoms with Gasteiger partial charge in [-0.1, -0.05) is 67.7 Å².